The van der Waals surface area contributed by atoms with E-state index in [0.29, 0.717) is 6.04 Å². The summed E-state index contributed by atoms with van der Waals surface area (Å²) in [6.45, 7) is 3.03. The van der Waals surface area contributed by atoms with E-state index in [4.69, 9.17) is 4.74 Å². The normalized spacial score (nSPS) is 16.2. The Morgan fingerprint density at radius 1 is 1.18 bits per heavy atom. The Bertz CT molecular complexity index is 968. The summed E-state index contributed by atoms with van der Waals surface area (Å²) < 4.78 is 6.52. The van der Waals surface area contributed by atoms with Crippen LogP contribution in [0, 0.1) is 0 Å². The van der Waals surface area contributed by atoms with Gasteiger partial charge in [-0.25, -0.2) is 4.98 Å². The second-order valence-corrected chi connectivity index (χ2v) is 8.67. The van der Waals surface area contributed by atoms with E-state index in [-0.39, 0.29) is 0 Å². The highest BCUT2D eigenvalue weighted by atomic mass is 32.2. The van der Waals surface area contributed by atoms with Crippen LogP contribution in [0.4, 0.5) is 10.8 Å². The van der Waals surface area contributed by atoms with Gasteiger partial charge in [-0.1, -0.05) is 48.2 Å². The van der Waals surface area contributed by atoms with Crippen LogP contribution < -0.4 is 15.4 Å². The van der Waals surface area contributed by atoms with Gasteiger partial charge in [0.05, 0.1) is 17.9 Å². The Labute approximate surface area is 173 Å². The van der Waals surface area contributed by atoms with E-state index < -0.39 is 0 Å². The summed E-state index contributed by atoms with van der Waals surface area (Å²) in [4.78, 5) is 9.34. The van der Waals surface area contributed by atoms with E-state index in [1.165, 1.54) is 5.56 Å². The third-order valence-corrected chi connectivity index (χ3v) is 6.69. The number of rotatable bonds is 7. The number of thiazole rings is 1. The largest absolute Gasteiger partial charge is 0.494 e. The summed E-state index contributed by atoms with van der Waals surface area (Å²) in [7, 11) is 1.68. The zero-order valence-electron chi connectivity index (χ0n) is 16.1. The van der Waals surface area contributed by atoms with Crippen molar-refractivity contribution in [2.75, 3.05) is 30.0 Å². The van der Waals surface area contributed by atoms with Crippen molar-refractivity contribution in [2.45, 2.75) is 25.8 Å². The van der Waals surface area contributed by atoms with Crippen LogP contribution in [0.3, 0.4) is 0 Å². The molecule has 0 fully saturated rings. The highest BCUT2D eigenvalue weighted by molar-refractivity contribution is 8.14. The zero-order valence-corrected chi connectivity index (χ0v) is 17.7. The van der Waals surface area contributed by atoms with Crippen molar-refractivity contribution < 1.29 is 4.74 Å². The van der Waals surface area contributed by atoms with E-state index in [9.17, 15) is 0 Å². The minimum absolute atomic E-state index is 0.459. The first kappa shape index (κ1) is 19.1. The van der Waals surface area contributed by atoms with Crippen molar-refractivity contribution in [1.82, 2.24) is 4.98 Å². The van der Waals surface area contributed by atoms with E-state index >= 15 is 0 Å². The van der Waals surface area contributed by atoms with Crippen molar-refractivity contribution in [3.63, 3.8) is 0 Å². The number of hydrogen-bond acceptors (Lipinski definition) is 7. The van der Waals surface area contributed by atoms with Gasteiger partial charge in [0.2, 0.25) is 0 Å². The van der Waals surface area contributed by atoms with Gasteiger partial charge in [0.25, 0.3) is 0 Å². The first-order valence-electron chi connectivity index (χ1n) is 9.49. The number of para-hydroxylation sites is 1. The number of nitrogens with zero attached hydrogens (tertiary/aromatic N) is 2. The second-order valence-electron chi connectivity index (χ2n) is 6.63. The number of thioether (sulfide) groups is 1. The van der Waals surface area contributed by atoms with Gasteiger partial charge >= 0.3 is 0 Å². The fraction of sp³-hybridized carbons (Fsp3) is 0.333. The highest BCUT2D eigenvalue weighted by Crippen LogP contribution is 2.32. The van der Waals surface area contributed by atoms with Gasteiger partial charge in [0, 0.05) is 18.0 Å². The summed E-state index contributed by atoms with van der Waals surface area (Å²) in [5.41, 5.74) is 3.31. The molecule has 1 aromatic heterocycles. The summed E-state index contributed by atoms with van der Waals surface area (Å²) in [6.07, 6.45) is 2.05. The number of hydrogen-bond donors (Lipinski definition) is 2. The molecule has 1 aliphatic rings. The van der Waals surface area contributed by atoms with Crippen molar-refractivity contribution in [1.29, 1.82) is 0 Å². The van der Waals surface area contributed by atoms with Gasteiger partial charge in [-0.3, -0.25) is 4.99 Å². The minimum atomic E-state index is 0.459. The molecule has 0 radical (unpaired) electrons. The van der Waals surface area contributed by atoms with E-state index in [1.54, 1.807) is 30.2 Å². The lowest BCUT2D eigenvalue weighted by atomic mass is 10.1. The quantitative estimate of drug-likeness (QED) is 0.555. The number of anilines is 2. The minimum Gasteiger partial charge on any atom is -0.494 e. The summed E-state index contributed by atoms with van der Waals surface area (Å²) >= 11 is 3.46. The highest BCUT2D eigenvalue weighted by Gasteiger charge is 2.16. The number of aromatic nitrogens is 1. The molecule has 3 aromatic rings. The summed E-state index contributed by atoms with van der Waals surface area (Å²) in [5.74, 6) is 1.90. The molecular weight excluding hydrogens is 388 g/mol. The molecular formula is C21H24N4OS2. The van der Waals surface area contributed by atoms with Gasteiger partial charge in [-0.15, -0.1) is 0 Å². The molecule has 2 aromatic carbocycles. The molecule has 2 heterocycles. The molecule has 0 unspecified atom stereocenters. The topological polar surface area (TPSA) is 58.5 Å². The number of aliphatic imine (C=N–C) groups is 1. The maximum absolute atomic E-state index is 5.39. The molecule has 7 heteroatoms. The number of nitrogens with one attached hydrogen (secondary N) is 2. The molecule has 0 spiro atoms. The SMILES string of the molecule is CC[C@@H]1CSC(Nc2ccc(CCNc3nc4c(OC)cccc4s3)cc2)=N1. The first-order valence-corrected chi connectivity index (χ1v) is 11.3. The van der Waals surface area contributed by atoms with Crippen LogP contribution in [0.1, 0.15) is 18.9 Å². The molecule has 1 atom stereocenters. The molecule has 0 aliphatic carbocycles. The molecule has 0 saturated heterocycles. The Morgan fingerprint density at radius 3 is 2.79 bits per heavy atom. The second kappa shape index (κ2) is 8.84. The van der Waals surface area contributed by atoms with Crippen molar-refractivity contribution in [3.05, 3.63) is 48.0 Å². The third kappa shape index (κ3) is 4.42. The maximum atomic E-state index is 5.39. The van der Waals surface area contributed by atoms with Crippen molar-refractivity contribution in [2.24, 2.45) is 4.99 Å². The molecule has 0 bridgehead atoms. The Morgan fingerprint density at radius 2 is 2.04 bits per heavy atom. The van der Waals surface area contributed by atoms with Crippen LogP contribution in [0.5, 0.6) is 5.75 Å². The van der Waals surface area contributed by atoms with Crippen LogP contribution in [0.15, 0.2) is 47.5 Å². The fourth-order valence-electron chi connectivity index (χ4n) is 3.05. The number of amidine groups is 1. The van der Waals surface area contributed by atoms with Crippen molar-refractivity contribution >= 4 is 49.3 Å². The average Bonchev–Trinajstić information content (AvgIpc) is 3.35. The van der Waals surface area contributed by atoms with Crippen molar-refractivity contribution in [3.8, 4) is 5.75 Å². The van der Waals surface area contributed by atoms with Gasteiger partial charge in [-0.05, 0) is 42.7 Å². The molecule has 4 rings (SSSR count). The predicted molar refractivity (Wildman–Crippen MR) is 122 cm³/mol. The molecule has 0 saturated carbocycles. The van der Waals surface area contributed by atoms with E-state index in [1.807, 2.05) is 12.1 Å². The molecule has 0 amide bonds. The smallest absolute Gasteiger partial charge is 0.183 e. The van der Waals surface area contributed by atoms with Crippen LogP contribution in [-0.2, 0) is 6.42 Å². The maximum Gasteiger partial charge on any atom is 0.183 e. The average molecular weight is 413 g/mol. The lowest BCUT2D eigenvalue weighted by molar-refractivity contribution is 0.419. The number of ether oxygens (including phenoxy) is 1. The number of fused-ring (bicyclic) bond motifs is 1. The van der Waals surface area contributed by atoms with Gasteiger partial charge in [0.1, 0.15) is 11.3 Å². The van der Waals surface area contributed by atoms with Crippen LogP contribution in [0.25, 0.3) is 10.2 Å². The van der Waals surface area contributed by atoms with Gasteiger partial charge < -0.3 is 15.4 Å². The number of methoxy groups -OCH3 is 1. The zero-order chi connectivity index (χ0) is 19.3. The Hall–Kier alpha value is -2.25. The molecule has 146 valence electrons. The fourth-order valence-corrected chi connectivity index (χ4v) is 5.03. The Kier molecular flexibility index (Phi) is 6.02. The summed E-state index contributed by atoms with van der Waals surface area (Å²) in [6, 6.07) is 15.1. The van der Waals surface area contributed by atoms with Crippen LogP contribution in [0.2, 0.25) is 0 Å². The van der Waals surface area contributed by atoms with Gasteiger partial charge in [0.15, 0.2) is 10.3 Å². The van der Waals surface area contributed by atoms with Gasteiger partial charge in [-0.2, -0.15) is 0 Å². The first-order chi connectivity index (χ1) is 13.7. The van der Waals surface area contributed by atoms with E-state index in [2.05, 4.69) is 57.9 Å². The van der Waals surface area contributed by atoms with Crippen LogP contribution >= 0.6 is 23.1 Å². The molecule has 2 N–H and O–H groups in total. The monoisotopic (exact) mass is 412 g/mol. The van der Waals surface area contributed by atoms with E-state index in [0.717, 1.165) is 57.1 Å². The lowest BCUT2D eigenvalue weighted by Crippen LogP contribution is -2.06. The molecule has 1 aliphatic heterocycles. The lowest BCUT2D eigenvalue weighted by Gasteiger charge is -2.07. The predicted octanol–water partition coefficient (Wildman–Crippen LogP) is 5.25. The Balaban J connectivity index is 1.31. The summed E-state index contributed by atoms with van der Waals surface area (Å²) in [5, 5.41) is 8.81. The van der Waals surface area contributed by atoms with Crippen LogP contribution in [-0.4, -0.2) is 35.6 Å². The molecule has 28 heavy (non-hydrogen) atoms. The molecule has 5 nitrogen and oxygen atoms in total. The standard InChI is InChI=1S/C21H24N4OS2/c1-3-15-13-27-21(23-15)24-16-9-7-14(8-10-16)11-12-22-20-25-19-17(26-2)5-4-6-18(19)28-20/h4-10,15H,3,11-13H2,1-2H3,(H,22,25)(H,23,24)/t15-/m1/s1. The number of benzene rings is 2. The third-order valence-electron chi connectivity index (χ3n) is 4.68.